The Bertz CT molecular complexity index is 1490. The monoisotopic (exact) mass is 528 g/mol. The van der Waals surface area contributed by atoms with E-state index in [-0.39, 0.29) is 0 Å². The van der Waals surface area contributed by atoms with E-state index in [1.807, 2.05) is 61.7 Å². The van der Waals surface area contributed by atoms with E-state index in [0.29, 0.717) is 34.5 Å². The topological polar surface area (TPSA) is 59.3 Å². The van der Waals surface area contributed by atoms with Gasteiger partial charge in [-0.3, -0.25) is 0 Å². The minimum atomic E-state index is 0.657. The molecule has 0 N–H and O–H groups in total. The fourth-order valence-electron chi connectivity index (χ4n) is 4.52. The molecule has 0 bridgehead atoms. The molecule has 0 fully saturated rings. The largest absolute Gasteiger partial charge is 0.496 e. The Kier molecular flexibility index (Phi) is 8.61. The van der Waals surface area contributed by atoms with Crippen LogP contribution < -0.4 is 33.0 Å². The van der Waals surface area contributed by atoms with Crippen LogP contribution >= 0.6 is 0 Å². The number of methoxy groups -OCH3 is 6. The summed E-state index contributed by atoms with van der Waals surface area (Å²) in [7, 11) is 11.8. The fraction of sp³-hybridized carbons (Fsp3) is 0.219. The summed E-state index contributed by atoms with van der Waals surface area (Å²) in [4.78, 5) is 0. The molecule has 0 aliphatic heterocycles. The lowest BCUT2D eigenvalue weighted by Crippen LogP contribution is -2.33. The second kappa shape index (κ2) is 12.3. The van der Waals surface area contributed by atoms with Crippen LogP contribution in [0.5, 0.6) is 34.5 Å². The van der Waals surface area contributed by atoms with Crippen LogP contribution in [-0.4, -0.2) is 42.7 Å². The quantitative estimate of drug-likeness (QED) is 0.233. The molecular formula is C32H34NO6+. The van der Waals surface area contributed by atoms with Gasteiger partial charge in [-0.1, -0.05) is 18.2 Å². The number of ether oxygens (including phenoxy) is 6. The summed E-state index contributed by atoms with van der Waals surface area (Å²) in [6.45, 7) is 0. The third-order valence-electron chi connectivity index (χ3n) is 6.62. The minimum absolute atomic E-state index is 0.657. The van der Waals surface area contributed by atoms with Gasteiger partial charge < -0.3 is 28.4 Å². The van der Waals surface area contributed by atoms with E-state index in [1.54, 1.807) is 42.7 Å². The molecule has 202 valence electrons. The van der Waals surface area contributed by atoms with E-state index in [4.69, 9.17) is 28.4 Å². The summed E-state index contributed by atoms with van der Waals surface area (Å²) in [6.07, 6.45) is 8.11. The number of nitrogens with zero attached hydrogens (tertiary/aromatic N) is 1. The van der Waals surface area contributed by atoms with E-state index in [2.05, 4.69) is 28.8 Å². The van der Waals surface area contributed by atoms with Crippen LogP contribution in [0.4, 0.5) is 0 Å². The van der Waals surface area contributed by atoms with Crippen LogP contribution in [0.25, 0.3) is 35.2 Å². The van der Waals surface area contributed by atoms with E-state index in [9.17, 15) is 0 Å². The second-order valence-electron chi connectivity index (χ2n) is 8.66. The van der Waals surface area contributed by atoms with Gasteiger partial charge in [0.1, 0.15) is 41.5 Å². The van der Waals surface area contributed by atoms with Crippen molar-refractivity contribution in [2.24, 2.45) is 7.05 Å². The van der Waals surface area contributed by atoms with Gasteiger partial charge in [0.25, 0.3) is 0 Å². The van der Waals surface area contributed by atoms with Gasteiger partial charge in [0, 0.05) is 42.5 Å². The van der Waals surface area contributed by atoms with E-state index >= 15 is 0 Å². The van der Waals surface area contributed by atoms with Crippen molar-refractivity contribution in [2.75, 3.05) is 42.7 Å². The van der Waals surface area contributed by atoms with Gasteiger partial charge in [0.15, 0.2) is 0 Å². The minimum Gasteiger partial charge on any atom is -0.496 e. The van der Waals surface area contributed by atoms with E-state index in [0.717, 1.165) is 33.3 Å². The van der Waals surface area contributed by atoms with Crippen molar-refractivity contribution in [3.8, 4) is 34.5 Å². The molecular weight excluding hydrogens is 494 g/mol. The number of hydrogen-bond donors (Lipinski definition) is 0. The lowest BCUT2D eigenvalue weighted by Gasteiger charge is -2.13. The highest BCUT2D eigenvalue weighted by Crippen LogP contribution is 2.37. The molecule has 1 heterocycles. The Balaban J connectivity index is 1.85. The zero-order chi connectivity index (χ0) is 27.9. The number of rotatable bonds is 10. The maximum atomic E-state index is 5.64. The summed E-state index contributed by atoms with van der Waals surface area (Å²) in [6, 6.07) is 17.8. The molecule has 0 aliphatic rings. The zero-order valence-corrected chi connectivity index (χ0v) is 23.4. The Morgan fingerprint density at radius 1 is 0.538 bits per heavy atom. The lowest BCUT2D eigenvalue weighted by molar-refractivity contribution is -0.646. The zero-order valence-electron chi connectivity index (χ0n) is 23.4. The van der Waals surface area contributed by atoms with Crippen molar-refractivity contribution < 1.29 is 33.0 Å². The van der Waals surface area contributed by atoms with Crippen LogP contribution in [0.2, 0.25) is 0 Å². The number of hydrogen-bond acceptors (Lipinski definition) is 6. The molecule has 0 spiro atoms. The van der Waals surface area contributed by atoms with Crippen molar-refractivity contribution >= 4 is 35.2 Å². The Labute approximate surface area is 229 Å². The van der Waals surface area contributed by atoms with Crippen molar-refractivity contribution in [2.45, 2.75) is 0 Å². The average molecular weight is 529 g/mol. The summed E-state index contributed by atoms with van der Waals surface area (Å²) in [5, 5.41) is 1.11. The summed E-state index contributed by atoms with van der Waals surface area (Å²) in [5.74, 6) is 3.96. The van der Waals surface area contributed by atoms with E-state index < -0.39 is 0 Å². The number of fused-ring (bicyclic) bond motifs is 1. The van der Waals surface area contributed by atoms with Gasteiger partial charge in [0.05, 0.1) is 59.2 Å². The van der Waals surface area contributed by atoms with Crippen LogP contribution in [0.3, 0.4) is 0 Å². The molecule has 0 radical (unpaired) electrons. The third kappa shape index (κ3) is 5.62. The number of pyridine rings is 1. The van der Waals surface area contributed by atoms with Crippen LogP contribution in [0.15, 0.2) is 54.6 Å². The lowest BCUT2D eigenvalue weighted by atomic mass is 10.0. The number of benzene rings is 3. The number of aryl methyl sites for hydroxylation is 1. The Hall–Kier alpha value is -4.65. The summed E-state index contributed by atoms with van der Waals surface area (Å²) in [5.41, 5.74) is 4.75. The average Bonchev–Trinajstić information content (AvgIpc) is 2.99. The van der Waals surface area contributed by atoms with E-state index in [1.165, 1.54) is 0 Å². The molecule has 4 aromatic rings. The third-order valence-corrected chi connectivity index (χ3v) is 6.62. The molecule has 0 atom stereocenters. The molecule has 7 heteroatoms. The van der Waals surface area contributed by atoms with Crippen molar-refractivity contribution in [1.82, 2.24) is 0 Å². The predicted molar refractivity (Wildman–Crippen MR) is 155 cm³/mol. The van der Waals surface area contributed by atoms with Crippen molar-refractivity contribution in [1.29, 1.82) is 0 Å². The van der Waals surface area contributed by atoms with Gasteiger partial charge in [-0.25, -0.2) is 0 Å². The molecule has 4 rings (SSSR count). The second-order valence-corrected chi connectivity index (χ2v) is 8.66. The van der Waals surface area contributed by atoms with Gasteiger partial charge in [0.2, 0.25) is 11.2 Å². The molecule has 39 heavy (non-hydrogen) atoms. The highest BCUT2D eigenvalue weighted by Gasteiger charge is 2.16. The fourth-order valence-corrected chi connectivity index (χ4v) is 4.52. The maximum absolute atomic E-state index is 5.64. The Morgan fingerprint density at radius 3 is 1.46 bits per heavy atom. The first-order valence-corrected chi connectivity index (χ1v) is 12.4. The van der Waals surface area contributed by atoms with Crippen molar-refractivity contribution in [3.05, 3.63) is 77.0 Å². The first-order valence-electron chi connectivity index (χ1n) is 12.4. The van der Waals surface area contributed by atoms with Gasteiger partial charge in [-0.2, -0.15) is 4.57 Å². The van der Waals surface area contributed by atoms with Crippen LogP contribution in [-0.2, 0) is 7.05 Å². The van der Waals surface area contributed by atoms with Gasteiger partial charge >= 0.3 is 0 Å². The first kappa shape index (κ1) is 27.4. The van der Waals surface area contributed by atoms with Gasteiger partial charge in [-0.15, -0.1) is 0 Å². The smallest absolute Gasteiger partial charge is 0.213 e. The normalized spacial score (nSPS) is 11.3. The Morgan fingerprint density at radius 2 is 1.00 bits per heavy atom. The summed E-state index contributed by atoms with van der Waals surface area (Å²) < 4.78 is 35.5. The molecule has 3 aromatic carbocycles. The summed E-state index contributed by atoms with van der Waals surface area (Å²) >= 11 is 0. The first-order chi connectivity index (χ1) is 19.0. The highest BCUT2D eigenvalue weighted by molar-refractivity contribution is 5.91. The number of para-hydroxylation sites is 1. The highest BCUT2D eigenvalue weighted by atomic mass is 16.5. The van der Waals surface area contributed by atoms with Gasteiger partial charge in [-0.05, 0) is 23.8 Å². The SMILES string of the molecule is COc1cc(OC)c(/C=C\c2cc(/C=C/c3c(OC)cc(OC)cc3OC)[n+](C)c3ccccc23)c(OC)c1. The van der Waals surface area contributed by atoms with Crippen LogP contribution in [0.1, 0.15) is 22.4 Å². The number of aromatic nitrogens is 1. The molecule has 0 amide bonds. The standard InChI is InChI=1S/C32H34NO6/c1-33-22(13-15-27-31(38-6)19-24(35-3)20-32(27)39-7)16-21(25-10-8-9-11-28(25)33)12-14-26-29(36-4)17-23(34-2)18-30(26)37-5/h8-20H,1-7H3/q+1/b14-12-,15-13+. The molecule has 0 saturated heterocycles. The molecule has 1 aromatic heterocycles. The molecule has 0 saturated carbocycles. The molecule has 0 unspecified atom stereocenters. The van der Waals surface area contributed by atoms with Crippen LogP contribution in [0, 0.1) is 0 Å². The maximum Gasteiger partial charge on any atom is 0.213 e. The molecule has 0 aliphatic carbocycles. The molecule has 7 nitrogen and oxygen atoms in total. The van der Waals surface area contributed by atoms with Crippen molar-refractivity contribution in [3.63, 3.8) is 0 Å². The predicted octanol–water partition coefficient (Wildman–Crippen LogP) is 6.06.